The molecule has 3 N–H and O–H groups in total. The van der Waals surface area contributed by atoms with E-state index in [0.29, 0.717) is 0 Å². The molecule has 0 aliphatic carbocycles. The summed E-state index contributed by atoms with van der Waals surface area (Å²) in [5.41, 5.74) is -1.96. The molecule has 0 saturated carbocycles. The number of hydrogen-bond donors (Lipinski definition) is 3. The summed E-state index contributed by atoms with van der Waals surface area (Å²) in [7, 11) is -3.78. The van der Waals surface area contributed by atoms with Crippen molar-refractivity contribution in [2.75, 3.05) is 11.5 Å². The zero-order chi connectivity index (χ0) is 25.5. The second-order valence-corrected chi connectivity index (χ2v) is 11.5. The molecule has 0 aromatic carbocycles. The monoisotopic (exact) mass is 492 g/mol. The number of aliphatic carboxylic acids is 1. The SMILES string of the molecule is CC(C)(C)OC(=O)N=[S@@](=O)(CC[C@H](NC(=O)OC(C)(C)C)C(=O)O)CC[C@@H](O)C(F)(F)F. The van der Waals surface area contributed by atoms with Gasteiger partial charge < -0.3 is 25.0 Å². The summed E-state index contributed by atoms with van der Waals surface area (Å²) in [6.45, 7) is 9.09. The van der Waals surface area contributed by atoms with Crippen molar-refractivity contribution in [3.8, 4) is 0 Å². The number of carboxylic acid groups (broad SMARTS) is 1. The molecule has 188 valence electrons. The van der Waals surface area contributed by atoms with E-state index in [-0.39, 0.29) is 0 Å². The van der Waals surface area contributed by atoms with Crippen molar-refractivity contribution >= 4 is 27.9 Å². The number of ether oxygens (including phenoxy) is 2. The van der Waals surface area contributed by atoms with Gasteiger partial charge in [0.2, 0.25) is 0 Å². The molecule has 0 bridgehead atoms. The molecule has 0 aromatic heterocycles. The van der Waals surface area contributed by atoms with Crippen LogP contribution in [0.3, 0.4) is 0 Å². The Morgan fingerprint density at radius 1 is 0.969 bits per heavy atom. The first-order valence-corrected chi connectivity index (χ1v) is 11.4. The Morgan fingerprint density at radius 2 is 1.44 bits per heavy atom. The van der Waals surface area contributed by atoms with E-state index in [1.165, 1.54) is 20.8 Å². The van der Waals surface area contributed by atoms with E-state index in [0.717, 1.165) is 0 Å². The number of rotatable bonds is 8. The largest absolute Gasteiger partial charge is 0.480 e. The Balaban J connectivity index is 5.61. The highest BCUT2D eigenvalue weighted by atomic mass is 32.2. The maximum Gasteiger partial charge on any atom is 0.442 e. The minimum atomic E-state index is -4.98. The topological polar surface area (TPSA) is 152 Å². The summed E-state index contributed by atoms with van der Waals surface area (Å²) in [6.07, 6.45) is -11.8. The molecule has 0 spiro atoms. The van der Waals surface area contributed by atoms with Crippen LogP contribution in [0.2, 0.25) is 0 Å². The van der Waals surface area contributed by atoms with E-state index in [1.807, 2.05) is 0 Å². The van der Waals surface area contributed by atoms with Gasteiger partial charge in [-0.2, -0.15) is 13.2 Å². The summed E-state index contributed by atoms with van der Waals surface area (Å²) in [6, 6.07) is -1.62. The predicted octanol–water partition coefficient (Wildman–Crippen LogP) is 3.07. The van der Waals surface area contributed by atoms with Crippen LogP contribution in [0.15, 0.2) is 4.36 Å². The zero-order valence-corrected chi connectivity index (χ0v) is 19.6. The van der Waals surface area contributed by atoms with Crippen molar-refractivity contribution in [3.63, 3.8) is 0 Å². The number of nitrogens with one attached hydrogen (secondary N) is 1. The third-order valence-corrected chi connectivity index (χ3v) is 5.67. The van der Waals surface area contributed by atoms with Crippen LogP contribution >= 0.6 is 0 Å². The molecule has 2 amide bonds. The van der Waals surface area contributed by atoms with Crippen LogP contribution in [0, 0.1) is 0 Å². The summed E-state index contributed by atoms with van der Waals surface area (Å²) < 4.78 is 64.1. The number of aliphatic hydroxyl groups is 1. The van der Waals surface area contributed by atoms with Gasteiger partial charge in [-0.15, -0.1) is 4.36 Å². The van der Waals surface area contributed by atoms with E-state index in [4.69, 9.17) is 9.47 Å². The van der Waals surface area contributed by atoms with Crippen LogP contribution in [0.4, 0.5) is 22.8 Å². The Kier molecular flexibility index (Phi) is 10.4. The van der Waals surface area contributed by atoms with Crippen molar-refractivity contribution in [1.82, 2.24) is 5.32 Å². The van der Waals surface area contributed by atoms with Gasteiger partial charge in [0.1, 0.15) is 17.2 Å². The lowest BCUT2D eigenvalue weighted by Gasteiger charge is -2.22. The van der Waals surface area contributed by atoms with Gasteiger partial charge in [-0.05, 0) is 54.4 Å². The molecular weight excluding hydrogens is 461 g/mol. The van der Waals surface area contributed by atoms with Crippen molar-refractivity contribution < 1.29 is 51.5 Å². The fraction of sp³-hybridized carbons (Fsp3) is 0.833. The van der Waals surface area contributed by atoms with Crippen LogP contribution in [-0.2, 0) is 24.0 Å². The molecule has 3 atom stereocenters. The third kappa shape index (κ3) is 13.3. The second-order valence-electron chi connectivity index (χ2n) is 8.92. The molecule has 0 saturated heterocycles. The summed E-state index contributed by atoms with van der Waals surface area (Å²) >= 11 is 0. The van der Waals surface area contributed by atoms with E-state index >= 15 is 0 Å². The molecule has 0 unspecified atom stereocenters. The summed E-state index contributed by atoms with van der Waals surface area (Å²) in [5, 5.41) is 20.5. The summed E-state index contributed by atoms with van der Waals surface area (Å²) in [5.74, 6) is -3.04. The van der Waals surface area contributed by atoms with Crippen LogP contribution in [-0.4, -0.2) is 73.6 Å². The van der Waals surface area contributed by atoms with E-state index < -0.39 is 81.8 Å². The predicted molar refractivity (Wildman–Crippen MR) is 109 cm³/mol. The molecule has 0 fully saturated rings. The van der Waals surface area contributed by atoms with Gasteiger partial charge in [-0.3, -0.25) is 0 Å². The first-order chi connectivity index (χ1) is 14.1. The Morgan fingerprint density at radius 3 is 1.84 bits per heavy atom. The highest BCUT2D eigenvalue weighted by Crippen LogP contribution is 2.23. The molecule has 14 heteroatoms. The van der Waals surface area contributed by atoms with Crippen LogP contribution in [0.25, 0.3) is 0 Å². The molecule has 0 aliphatic heterocycles. The maximum absolute atomic E-state index is 13.1. The lowest BCUT2D eigenvalue weighted by molar-refractivity contribution is -0.203. The Hall–Kier alpha value is -2.09. The van der Waals surface area contributed by atoms with Gasteiger partial charge in [-0.1, -0.05) is 0 Å². The molecule has 0 heterocycles. The molecule has 0 radical (unpaired) electrons. The van der Waals surface area contributed by atoms with Crippen molar-refractivity contribution in [1.29, 1.82) is 0 Å². The van der Waals surface area contributed by atoms with E-state index in [2.05, 4.69) is 9.68 Å². The molecular formula is C18H31F3N2O8S. The number of carbonyl (C=O) groups is 3. The highest BCUT2D eigenvalue weighted by Gasteiger charge is 2.38. The van der Waals surface area contributed by atoms with Crippen LogP contribution < -0.4 is 5.32 Å². The fourth-order valence-electron chi connectivity index (χ4n) is 2.08. The highest BCUT2D eigenvalue weighted by molar-refractivity contribution is 7.93. The minimum absolute atomic E-state index is 0.540. The van der Waals surface area contributed by atoms with Crippen LogP contribution in [0.5, 0.6) is 0 Å². The van der Waals surface area contributed by atoms with Crippen molar-refractivity contribution in [2.45, 2.75) is 83.9 Å². The number of alkyl halides is 3. The maximum atomic E-state index is 13.1. The zero-order valence-electron chi connectivity index (χ0n) is 18.8. The van der Waals surface area contributed by atoms with Gasteiger partial charge >= 0.3 is 24.3 Å². The number of hydrogen-bond acceptors (Lipinski definition) is 7. The van der Waals surface area contributed by atoms with Gasteiger partial charge in [-0.25, -0.2) is 18.6 Å². The Labute approximate surface area is 185 Å². The smallest absolute Gasteiger partial charge is 0.442 e. The first-order valence-electron chi connectivity index (χ1n) is 9.56. The van der Waals surface area contributed by atoms with Crippen molar-refractivity contribution in [2.24, 2.45) is 4.36 Å². The first kappa shape index (κ1) is 29.9. The molecule has 0 rings (SSSR count). The van der Waals surface area contributed by atoms with E-state index in [1.54, 1.807) is 20.8 Å². The number of carboxylic acids is 1. The average Bonchev–Trinajstić information content (AvgIpc) is 2.51. The number of carbonyl (C=O) groups excluding carboxylic acids is 2. The number of amides is 2. The van der Waals surface area contributed by atoms with Gasteiger partial charge in [0.15, 0.2) is 6.10 Å². The third-order valence-electron chi connectivity index (χ3n) is 3.44. The van der Waals surface area contributed by atoms with Gasteiger partial charge in [0.25, 0.3) is 0 Å². The Bertz CT molecular complexity index is 794. The van der Waals surface area contributed by atoms with Crippen LogP contribution in [0.1, 0.15) is 54.4 Å². The lowest BCUT2D eigenvalue weighted by atomic mass is 10.2. The fourth-order valence-corrected chi connectivity index (χ4v) is 3.97. The number of nitrogens with zero attached hydrogens (tertiary/aromatic N) is 1. The molecule has 32 heavy (non-hydrogen) atoms. The number of halogens is 3. The average molecular weight is 493 g/mol. The quantitative estimate of drug-likeness (QED) is 0.468. The number of aliphatic hydroxyl groups excluding tert-OH is 1. The van der Waals surface area contributed by atoms with Gasteiger partial charge in [0, 0.05) is 11.5 Å². The summed E-state index contributed by atoms with van der Waals surface area (Å²) in [4.78, 5) is 35.3. The second kappa shape index (κ2) is 11.2. The van der Waals surface area contributed by atoms with E-state index in [9.17, 15) is 42.0 Å². The minimum Gasteiger partial charge on any atom is -0.480 e. The normalized spacial score (nSPS) is 16.3. The molecule has 0 aliphatic rings. The standard InChI is InChI=1S/C18H31F3N2O8S/c1-16(2,3)30-14(27)22-11(13(25)26)7-9-32(29,10-8-12(24)18(19,20)21)23-15(28)31-17(4,5)6/h11-12,24H,7-10H2,1-6H3,(H,22,27)(H,25,26)/t11-,12+,32+/m0/s1. The van der Waals surface area contributed by atoms with Crippen molar-refractivity contribution in [3.05, 3.63) is 0 Å². The lowest BCUT2D eigenvalue weighted by Crippen LogP contribution is -2.44. The van der Waals surface area contributed by atoms with Gasteiger partial charge in [0.05, 0.1) is 9.73 Å². The molecule has 10 nitrogen and oxygen atoms in total. The molecule has 0 aromatic rings. The number of alkyl carbamates (subject to hydrolysis) is 1.